The Balaban J connectivity index is 1.04. The largest absolute Gasteiger partial charge is 0.456 e. The lowest BCUT2D eigenvalue weighted by Gasteiger charge is -2.28. The van der Waals surface area contributed by atoms with Crippen molar-refractivity contribution >= 4 is 110 Å². The van der Waals surface area contributed by atoms with Crippen LogP contribution in [0.1, 0.15) is 0 Å². The molecule has 0 aliphatic carbocycles. The van der Waals surface area contributed by atoms with Gasteiger partial charge < -0.3 is 18.6 Å². The molecule has 4 heteroatoms. The van der Waals surface area contributed by atoms with Crippen molar-refractivity contribution in [3.8, 4) is 0 Å². The lowest BCUT2D eigenvalue weighted by molar-refractivity contribution is 0.668. The van der Waals surface area contributed by atoms with Crippen molar-refractivity contribution in [3.05, 3.63) is 206 Å². The average Bonchev–Trinajstić information content (AvgIpc) is 3.85. The fourth-order valence-corrected chi connectivity index (χ4v) is 9.01. The zero-order valence-corrected chi connectivity index (χ0v) is 31.3. The van der Waals surface area contributed by atoms with Gasteiger partial charge in [0.05, 0.1) is 11.4 Å². The molecule has 0 unspecified atom stereocenters. The zero-order chi connectivity index (χ0) is 38.2. The fourth-order valence-electron chi connectivity index (χ4n) is 9.01. The molecule has 0 atom stereocenters. The molecule has 0 saturated heterocycles. The van der Waals surface area contributed by atoms with Gasteiger partial charge in [0.1, 0.15) is 22.3 Å². The molecule has 0 N–H and O–H groups in total. The van der Waals surface area contributed by atoms with Crippen LogP contribution in [0, 0.1) is 0 Å². The minimum absolute atomic E-state index is 0.884. The molecule has 0 spiro atoms. The second kappa shape index (κ2) is 12.9. The first kappa shape index (κ1) is 32.4. The van der Waals surface area contributed by atoms with Crippen LogP contribution < -0.4 is 9.80 Å². The van der Waals surface area contributed by atoms with E-state index in [1.807, 2.05) is 24.3 Å². The molecule has 2 aromatic heterocycles. The molecule has 12 aromatic rings. The van der Waals surface area contributed by atoms with Crippen LogP contribution in [-0.2, 0) is 0 Å². The second-order valence-corrected chi connectivity index (χ2v) is 14.9. The Morgan fingerprint density at radius 1 is 0.224 bits per heavy atom. The number of anilines is 6. The van der Waals surface area contributed by atoms with E-state index >= 15 is 0 Å². The van der Waals surface area contributed by atoms with E-state index in [2.05, 4.69) is 192 Å². The van der Waals surface area contributed by atoms with Crippen LogP contribution in [-0.4, -0.2) is 0 Å². The number of benzene rings is 10. The highest BCUT2D eigenvalue weighted by Gasteiger charge is 2.21. The summed E-state index contributed by atoms with van der Waals surface area (Å²) in [5.74, 6) is 0. The maximum atomic E-state index is 6.23. The van der Waals surface area contributed by atoms with Crippen LogP contribution in [0.25, 0.3) is 76.2 Å². The topological polar surface area (TPSA) is 32.8 Å². The Morgan fingerprint density at radius 2 is 0.586 bits per heavy atom. The number of rotatable bonds is 6. The first-order valence-corrected chi connectivity index (χ1v) is 19.7. The van der Waals surface area contributed by atoms with Gasteiger partial charge in [0.25, 0.3) is 0 Å². The van der Waals surface area contributed by atoms with Crippen molar-refractivity contribution in [1.29, 1.82) is 0 Å². The highest BCUT2D eigenvalue weighted by Crippen LogP contribution is 2.46. The maximum Gasteiger partial charge on any atom is 0.135 e. The molecule has 0 aliphatic rings. The van der Waals surface area contributed by atoms with Gasteiger partial charge in [0.2, 0.25) is 0 Å². The van der Waals surface area contributed by atoms with Crippen LogP contribution in [0.3, 0.4) is 0 Å². The van der Waals surface area contributed by atoms with E-state index in [0.717, 1.165) is 78.0 Å². The second-order valence-electron chi connectivity index (χ2n) is 14.9. The summed E-state index contributed by atoms with van der Waals surface area (Å²) < 4.78 is 12.5. The summed E-state index contributed by atoms with van der Waals surface area (Å²) in [4.78, 5) is 4.73. The van der Waals surface area contributed by atoms with E-state index in [1.165, 1.54) is 32.3 Å². The summed E-state index contributed by atoms with van der Waals surface area (Å²) in [6.07, 6.45) is 0. The summed E-state index contributed by atoms with van der Waals surface area (Å²) >= 11 is 0. The average molecular weight is 743 g/mol. The normalized spacial score (nSPS) is 11.8. The number of hydrogen-bond donors (Lipinski definition) is 0. The maximum absolute atomic E-state index is 6.23. The van der Waals surface area contributed by atoms with Crippen LogP contribution in [0.4, 0.5) is 34.1 Å². The Morgan fingerprint density at radius 3 is 1.05 bits per heavy atom. The summed E-state index contributed by atoms with van der Waals surface area (Å²) in [5, 5.41) is 11.6. The molecule has 58 heavy (non-hydrogen) atoms. The lowest BCUT2D eigenvalue weighted by atomic mass is 9.95. The van der Waals surface area contributed by atoms with Gasteiger partial charge in [0, 0.05) is 55.1 Å². The SMILES string of the molecule is c1ccc(N(c2ccc3oc4ccccc4c3c2)c2cccc3c2ccc2c4cccc(N(c5ccccc5)c5ccc6oc7ccccc7c6c5)c4ccc32)cc1. The summed E-state index contributed by atoms with van der Waals surface area (Å²) in [5.41, 5.74) is 10.1. The molecule has 0 fully saturated rings. The van der Waals surface area contributed by atoms with E-state index in [0.29, 0.717) is 0 Å². The molecule has 2 heterocycles. The number of fused-ring (bicyclic) bond motifs is 11. The lowest BCUT2D eigenvalue weighted by Crippen LogP contribution is -2.10. The van der Waals surface area contributed by atoms with E-state index in [4.69, 9.17) is 8.83 Å². The van der Waals surface area contributed by atoms with Gasteiger partial charge >= 0.3 is 0 Å². The quantitative estimate of drug-likeness (QED) is 0.159. The van der Waals surface area contributed by atoms with Crippen molar-refractivity contribution in [1.82, 2.24) is 0 Å². The molecule has 12 rings (SSSR count). The number of hydrogen-bond acceptors (Lipinski definition) is 4. The molecule has 0 bridgehead atoms. The van der Waals surface area contributed by atoms with E-state index in [9.17, 15) is 0 Å². The molecule has 4 nitrogen and oxygen atoms in total. The number of para-hydroxylation sites is 4. The molecular formula is C54H34N2O2. The smallest absolute Gasteiger partial charge is 0.135 e. The van der Waals surface area contributed by atoms with Crippen molar-refractivity contribution in [2.24, 2.45) is 0 Å². The molecule has 0 aliphatic heterocycles. The van der Waals surface area contributed by atoms with E-state index in [-0.39, 0.29) is 0 Å². The monoisotopic (exact) mass is 742 g/mol. The van der Waals surface area contributed by atoms with Crippen LogP contribution in [0.15, 0.2) is 215 Å². The van der Waals surface area contributed by atoms with Gasteiger partial charge in [-0.1, -0.05) is 121 Å². The standard InChI is InChI=1S/C54H34N2O2/c1-3-13-35(14-4-1)55(37-25-31-53-47(33-37)45-17-7-9-23-51(45)57-53)49-21-11-19-39-41-28-30-44-40(42(41)27-29-43(39)49)20-12-22-50(44)56(36-15-5-2-6-16-36)38-26-32-54-48(34-38)46-18-8-10-24-52(46)58-54/h1-34H. The van der Waals surface area contributed by atoms with Crippen molar-refractivity contribution < 1.29 is 8.83 Å². The molecule has 272 valence electrons. The fraction of sp³-hybridized carbons (Fsp3) is 0. The van der Waals surface area contributed by atoms with Crippen LogP contribution in [0.2, 0.25) is 0 Å². The molecule has 0 amide bonds. The molecular weight excluding hydrogens is 709 g/mol. The first-order chi connectivity index (χ1) is 28.8. The van der Waals surface area contributed by atoms with Crippen LogP contribution >= 0.6 is 0 Å². The Kier molecular flexibility index (Phi) is 7.20. The third-order valence-corrected chi connectivity index (χ3v) is 11.6. The third kappa shape index (κ3) is 5.02. The van der Waals surface area contributed by atoms with Gasteiger partial charge in [-0.15, -0.1) is 0 Å². The summed E-state index contributed by atoms with van der Waals surface area (Å²) in [6, 6.07) is 73.4. The highest BCUT2D eigenvalue weighted by molar-refractivity contribution is 6.22. The Bertz CT molecular complexity index is 3290. The van der Waals surface area contributed by atoms with Crippen molar-refractivity contribution in [2.75, 3.05) is 9.80 Å². The zero-order valence-electron chi connectivity index (χ0n) is 31.3. The van der Waals surface area contributed by atoms with Gasteiger partial charge in [-0.3, -0.25) is 0 Å². The van der Waals surface area contributed by atoms with Gasteiger partial charge in [0.15, 0.2) is 0 Å². The molecule has 10 aromatic carbocycles. The molecule has 0 saturated carbocycles. The number of furan rings is 2. The Labute approximate surface area is 334 Å². The van der Waals surface area contributed by atoms with E-state index < -0.39 is 0 Å². The summed E-state index contributed by atoms with van der Waals surface area (Å²) in [7, 11) is 0. The predicted octanol–water partition coefficient (Wildman–Crippen LogP) is 15.9. The van der Waals surface area contributed by atoms with Gasteiger partial charge in [-0.05, 0) is 106 Å². The van der Waals surface area contributed by atoms with Crippen LogP contribution in [0.5, 0.6) is 0 Å². The van der Waals surface area contributed by atoms with Crippen molar-refractivity contribution in [2.45, 2.75) is 0 Å². The first-order valence-electron chi connectivity index (χ1n) is 19.7. The highest BCUT2D eigenvalue weighted by atomic mass is 16.3. The minimum Gasteiger partial charge on any atom is -0.456 e. The van der Waals surface area contributed by atoms with Gasteiger partial charge in [-0.2, -0.15) is 0 Å². The minimum atomic E-state index is 0.884. The predicted molar refractivity (Wildman–Crippen MR) is 243 cm³/mol. The Hall–Kier alpha value is -7.82. The summed E-state index contributed by atoms with van der Waals surface area (Å²) in [6.45, 7) is 0. The molecule has 0 radical (unpaired) electrons. The number of nitrogens with zero attached hydrogens (tertiary/aromatic N) is 2. The van der Waals surface area contributed by atoms with E-state index in [1.54, 1.807) is 0 Å². The van der Waals surface area contributed by atoms with Crippen molar-refractivity contribution in [3.63, 3.8) is 0 Å². The third-order valence-electron chi connectivity index (χ3n) is 11.6. The van der Waals surface area contributed by atoms with Gasteiger partial charge in [-0.25, -0.2) is 0 Å².